The molecule has 1 unspecified atom stereocenters. The molecule has 12 heavy (non-hydrogen) atoms. The van der Waals surface area contributed by atoms with Gasteiger partial charge in [-0.15, -0.1) is 15.3 Å². The van der Waals surface area contributed by atoms with Crippen molar-refractivity contribution in [1.82, 2.24) is 9.78 Å². The van der Waals surface area contributed by atoms with E-state index in [4.69, 9.17) is 5.53 Å². The zero-order chi connectivity index (χ0) is 8.44. The normalized spacial score (nSPS) is 26.3. The lowest BCUT2D eigenvalue weighted by Crippen LogP contribution is -2.28. The first-order valence-electron chi connectivity index (χ1n) is 3.22. The van der Waals surface area contributed by atoms with Gasteiger partial charge in [0.25, 0.3) is 0 Å². The van der Waals surface area contributed by atoms with Crippen LogP contribution in [0, 0.1) is 5.53 Å². The third kappa shape index (κ3) is 0.760. The molecular weight excluding hydrogens is 158 g/mol. The van der Waals surface area contributed by atoms with E-state index in [9.17, 15) is 0 Å². The molecule has 0 aliphatic carbocycles. The van der Waals surface area contributed by atoms with E-state index in [-0.39, 0.29) is 0 Å². The predicted molar refractivity (Wildman–Crippen MR) is 38.7 cm³/mol. The molecule has 0 fully saturated rings. The Morgan fingerprint density at radius 2 is 2.42 bits per heavy atom. The van der Waals surface area contributed by atoms with Crippen molar-refractivity contribution in [3.63, 3.8) is 0 Å². The Kier molecular flexibility index (Phi) is 1.29. The Morgan fingerprint density at radius 1 is 1.50 bits per heavy atom. The van der Waals surface area contributed by atoms with E-state index in [0.29, 0.717) is 0 Å². The first-order valence-corrected chi connectivity index (χ1v) is 3.22. The van der Waals surface area contributed by atoms with Gasteiger partial charge >= 0.3 is 5.79 Å². The molecule has 0 amide bonds. The zero-order valence-corrected chi connectivity index (χ0v) is 5.99. The summed E-state index contributed by atoms with van der Waals surface area (Å²) in [7, 11) is 0. The third-order valence-corrected chi connectivity index (χ3v) is 1.48. The monoisotopic (exact) mass is 163 g/mol. The Morgan fingerprint density at radius 3 is 2.92 bits per heavy atom. The van der Waals surface area contributed by atoms with Crippen LogP contribution < -0.4 is 0 Å². The van der Waals surface area contributed by atoms with Crippen molar-refractivity contribution in [3.8, 4) is 0 Å². The predicted octanol–water partition coefficient (Wildman–Crippen LogP) is 0.976. The van der Waals surface area contributed by atoms with Gasteiger partial charge in [0.05, 0.1) is 0 Å². The van der Waals surface area contributed by atoms with Crippen LogP contribution in [0.15, 0.2) is 39.0 Å². The average molecular weight is 163 g/mol. The molecule has 0 bridgehead atoms. The van der Waals surface area contributed by atoms with Crippen LogP contribution in [0.2, 0.25) is 0 Å². The minimum atomic E-state index is -1.18. The molecule has 0 saturated heterocycles. The van der Waals surface area contributed by atoms with Crippen LogP contribution in [-0.4, -0.2) is 16.0 Å². The lowest BCUT2D eigenvalue weighted by atomic mass is 10.4. The quantitative estimate of drug-likeness (QED) is 0.646. The van der Waals surface area contributed by atoms with Crippen LogP contribution in [0.5, 0.6) is 0 Å². The molecule has 0 aromatic carbocycles. The van der Waals surface area contributed by atoms with Gasteiger partial charge in [-0.05, 0) is 11.3 Å². The summed E-state index contributed by atoms with van der Waals surface area (Å²) in [5.74, 6) is -1.18. The Balaban J connectivity index is 2.49. The highest BCUT2D eigenvalue weighted by Gasteiger charge is 2.33. The molecule has 1 aliphatic rings. The number of hydrogen-bond donors (Lipinski definition) is 1. The second kappa shape index (κ2) is 2.29. The van der Waals surface area contributed by atoms with Gasteiger partial charge in [-0.2, -0.15) is 5.10 Å². The first kappa shape index (κ1) is 6.77. The van der Waals surface area contributed by atoms with Crippen molar-refractivity contribution in [2.24, 2.45) is 20.6 Å². The fraction of sp³-hybridized carbons (Fsp3) is 0.200. The summed E-state index contributed by atoms with van der Waals surface area (Å²) in [4.78, 5) is 0. The second-order valence-electron chi connectivity index (χ2n) is 2.18. The fourth-order valence-corrected chi connectivity index (χ4v) is 0.892. The summed E-state index contributed by atoms with van der Waals surface area (Å²) in [5.41, 5.74) is 6.94. The number of nitrogens with one attached hydrogen (secondary N) is 1. The van der Waals surface area contributed by atoms with Crippen LogP contribution in [-0.2, 0) is 5.79 Å². The SMILES string of the molecule is N=NC1(n2cccn2)C=NN=N1. The van der Waals surface area contributed by atoms with E-state index in [0.717, 1.165) is 0 Å². The maximum Gasteiger partial charge on any atom is 0.323 e. The molecule has 1 N–H and O–H groups in total. The maximum atomic E-state index is 6.94. The number of aromatic nitrogens is 2. The van der Waals surface area contributed by atoms with Crippen LogP contribution in [0.3, 0.4) is 0 Å². The third-order valence-electron chi connectivity index (χ3n) is 1.48. The topological polar surface area (TPSA) is 91.1 Å². The molecule has 2 heterocycles. The fourth-order valence-electron chi connectivity index (χ4n) is 0.892. The average Bonchev–Trinajstić information content (AvgIpc) is 2.76. The van der Waals surface area contributed by atoms with Crippen LogP contribution in [0.4, 0.5) is 0 Å². The molecule has 0 radical (unpaired) electrons. The van der Waals surface area contributed by atoms with Gasteiger partial charge in [0.2, 0.25) is 0 Å². The zero-order valence-electron chi connectivity index (χ0n) is 5.99. The van der Waals surface area contributed by atoms with Crippen LogP contribution in [0.25, 0.3) is 0 Å². The summed E-state index contributed by atoms with van der Waals surface area (Å²) >= 11 is 0. The lowest BCUT2D eigenvalue weighted by molar-refractivity contribution is 0.374. The standard InChI is InChI=1S/C5H5N7/c6-9-5(4-7-11-10-5)12-3-1-2-8-12/h1-4,6H. The molecule has 60 valence electrons. The van der Waals surface area contributed by atoms with Crippen molar-refractivity contribution in [2.45, 2.75) is 5.79 Å². The van der Waals surface area contributed by atoms with E-state index < -0.39 is 5.79 Å². The van der Waals surface area contributed by atoms with Crippen LogP contribution >= 0.6 is 0 Å². The molecule has 7 nitrogen and oxygen atoms in total. The van der Waals surface area contributed by atoms with Gasteiger partial charge in [0, 0.05) is 12.4 Å². The summed E-state index contributed by atoms with van der Waals surface area (Å²) in [6.45, 7) is 0. The molecule has 1 aromatic rings. The van der Waals surface area contributed by atoms with Gasteiger partial charge in [-0.25, -0.2) is 10.2 Å². The molecule has 1 atom stereocenters. The molecule has 7 heteroatoms. The van der Waals surface area contributed by atoms with Crippen molar-refractivity contribution >= 4 is 6.21 Å². The van der Waals surface area contributed by atoms with Gasteiger partial charge in [-0.3, -0.25) is 0 Å². The summed E-state index contributed by atoms with van der Waals surface area (Å²) in [6.07, 6.45) is 4.58. The minimum Gasteiger partial charge on any atom is -0.217 e. The molecule has 1 aliphatic heterocycles. The van der Waals surface area contributed by atoms with Gasteiger partial charge in [0.15, 0.2) is 0 Å². The summed E-state index contributed by atoms with van der Waals surface area (Å²) in [5, 5.41) is 17.8. The highest BCUT2D eigenvalue weighted by Crippen LogP contribution is 2.20. The van der Waals surface area contributed by atoms with Gasteiger partial charge < -0.3 is 0 Å². The first-order chi connectivity index (χ1) is 5.87. The van der Waals surface area contributed by atoms with E-state index in [1.54, 1.807) is 18.5 Å². The Bertz CT molecular complexity index is 323. The van der Waals surface area contributed by atoms with Crippen molar-refractivity contribution in [3.05, 3.63) is 18.5 Å². The van der Waals surface area contributed by atoms with E-state index in [1.165, 1.54) is 10.9 Å². The largest absolute Gasteiger partial charge is 0.323 e. The van der Waals surface area contributed by atoms with Crippen LogP contribution in [0.1, 0.15) is 0 Å². The van der Waals surface area contributed by atoms with Gasteiger partial charge in [-0.1, -0.05) is 0 Å². The second-order valence-corrected chi connectivity index (χ2v) is 2.18. The summed E-state index contributed by atoms with van der Waals surface area (Å²) in [6, 6.07) is 1.72. The maximum absolute atomic E-state index is 6.94. The highest BCUT2D eigenvalue weighted by atomic mass is 15.6. The number of rotatable bonds is 2. The van der Waals surface area contributed by atoms with E-state index in [1.807, 2.05) is 0 Å². The highest BCUT2D eigenvalue weighted by molar-refractivity contribution is 5.67. The minimum absolute atomic E-state index is 1.18. The van der Waals surface area contributed by atoms with Crippen molar-refractivity contribution < 1.29 is 0 Å². The van der Waals surface area contributed by atoms with E-state index >= 15 is 0 Å². The molecular formula is C5H5N7. The lowest BCUT2D eigenvalue weighted by Gasteiger charge is -2.13. The van der Waals surface area contributed by atoms with E-state index in [2.05, 4.69) is 25.7 Å². The summed E-state index contributed by atoms with van der Waals surface area (Å²) < 4.78 is 1.40. The number of hydrogen-bond acceptors (Lipinski definition) is 6. The van der Waals surface area contributed by atoms with Gasteiger partial charge in [0.1, 0.15) is 6.21 Å². The van der Waals surface area contributed by atoms with Crippen molar-refractivity contribution in [2.75, 3.05) is 0 Å². The Labute approximate surface area is 67.3 Å². The smallest absolute Gasteiger partial charge is 0.217 e. The Hall–Kier alpha value is -1.92. The number of nitrogens with zero attached hydrogens (tertiary/aromatic N) is 6. The van der Waals surface area contributed by atoms with Crippen molar-refractivity contribution in [1.29, 1.82) is 5.53 Å². The molecule has 0 saturated carbocycles. The molecule has 1 aromatic heterocycles. The molecule has 0 spiro atoms. The molecule has 2 rings (SSSR count).